The predicted molar refractivity (Wildman–Crippen MR) is 89.6 cm³/mol. The van der Waals surface area contributed by atoms with Crippen LogP contribution in [0.2, 0.25) is 0 Å². The summed E-state index contributed by atoms with van der Waals surface area (Å²) in [6, 6.07) is 7.73. The molecular weight excluding hydrogens is 304 g/mol. The fraction of sp³-hybridized carbons (Fsp3) is 0.500. The van der Waals surface area contributed by atoms with Crippen LogP contribution in [0.15, 0.2) is 42.9 Å². The molecule has 2 atom stereocenters. The number of pyridine rings is 1. The predicted octanol–water partition coefficient (Wildman–Crippen LogP) is 2.22. The van der Waals surface area contributed by atoms with Crippen LogP contribution in [-0.4, -0.2) is 46.4 Å². The summed E-state index contributed by atoms with van der Waals surface area (Å²) in [5.41, 5.74) is 0.827. The number of piperidine rings is 1. The van der Waals surface area contributed by atoms with Gasteiger partial charge in [0.25, 0.3) is 0 Å². The standard InChI is InChI=1S/C18H22N4O2/c1-2-7-19-15(5-1)12-23-16-11-18(24-13-16)6-3-10-22(14-18)17-20-8-4-9-21-17/h1-2,4-5,7-9,16H,3,6,10-14H2/t16-,18+/m0/s1. The number of anilines is 1. The molecule has 24 heavy (non-hydrogen) atoms. The lowest BCUT2D eigenvalue weighted by Crippen LogP contribution is -2.48. The van der Waals surface area contributed by atoms with Crippen LogP contribution in [0, 0.1) is 0 Å². The molecule has 0 bridgehead atoms. The fourth-order valence-electron chi connectivity index (χ4n) is 3.60. The minimum absolute atomic E-state index is 0.128. The number of rotatable bonds is 4. The maximum absolute atomic E-state index is 6.19. The van der Waals surface area contributed by atoms with Crippen molar-refractivity contribution in [2.24, 2.45) is 0 Å². The van der Waals surface area contributed by atoms with Crippen LogP contribution in [0.5, 0.6) is 0 Å². The normalized spacial score (nSPS) is 26.8. The van der Waals surface area contributed by atoms with E-state index >= 15 is 0 Å². The molecule has 4 heterocycles. The maximum atomic E-state index is 6.19. The molecule has 0 aromatic carbocycles. The van der Waals surface area contributed by atoms with E-state index in [4.69, 9.17) is 9.47 Å². The van der Waals surface area contributed by atoms with E-state index in [0.29, 0.717) is 13.2 Å². The van der Waals surface area contributed by atoms with Crippen LogP contribution < -0.4 is 4.90 Å². The highest BCUT2D eigenvalue weighted by atomic mass is 16.6. The van der Waals surface area contributed by atoms with Gasteiger partial charge in [0.2, 0.25) is 5.95 Å². The number of ether oxygens (including phenoxy) is 2. The number of aromatic nitrogens is 3. The Balaban J connectivity index is 1.36. The summed E-state index contributed by atoms with van der Waals surface area (Å²) in [5, 5.41) is 0. The van der Waals surface area contributed by atoms with Crippen LogP contribution in [0.4, 0.5) is 5.95 Å². The third kappa shape index (κ3) is 3.39. The van der Waals surface area contributed by atoms with E-state index in [2.05, 4.69) is 19.9 Å². The van der Waals surface area contributed by atoms with Crippen LogP contribution >= 0.6 is 0 Å². The zero-order chi connectivity index (χ0) is 16.2. The molecule has 0 saturated carbocycles. The summed E-state index contributed by atoms with van der Waals surface area (Å²) in [7, 11) is 0. The van der Waals surface area contributed by atoms with Gasteiger partial charge >= 0.3 is 0 Å². The average Bonchev–Trinajstić information content (AvgIpc) is 3.04. The average molecular weight is 326 g/mol. The van der Waals surface area contributed by atoms with Crippen molar-refractivity contribution in [2.75, 3.05) is 24.6 Å². The number of hydrogen-bond donors (Lipinski definition) is 0. The van der Waals surface area contributed by atoms with Gasteiger partial charge in [-0.25, -0.2) is 9.97 Å². The highest BCUT2D eigenvalue weighted by Gasteiger charge is 2.44. The molecule has 2 aliphatic rings. The van der Waals surface area contributed by atoms with Gasteiger partial charge in [-0.1, -0.05) is 6.07 Å². The Morgan fingerprint density at radius 2 is 2.04 bits per heavy atom. The summed E-state index contributed by atoms with van der Waals surface area (Å²) < 4.78 is 12.2. The van der Waals surface area contributed by atoms with E-state index in [1.807, 2.05) is 24.3 Å². The highest BCUT2D eigenvalue weighted by molar-refractivity contribution is 5.31. The second-order valence-corrected chi connectivity index (χ2v) is 6.53. The molecular formula is C18H22N4O2. The summed E-state index contributed by atoms with van der Waals surface area (Å²) in [4.78, 5) is 15.3. The minimum atomic E-state index is -0.133. The molecule has 6 heteroatoms. The van der Waals surface area contributed by atoms with Gasteiger partial charge in [0.1, 0.15) is 0 Å². The van der Waals surface area contributed by atoms with Gasteiger partial charge in [-0.15, -0.1) is 0 Å². The molecule has 4 rings (SSSR count). The van der Waals surface area contributed by atoms with Gasteiger partial charge < -0.3 is 14.4 Å². The van der Waals surface area contributed by atoms with E-state index in [1.165, 1.54) is 0 Å². The summed E-state index contributed by atoms with van der Waals surface area (Å²) in [6.07, 6.45) is 8.58. The molecule has 2 fully saturated rings. The quantitative estimate of drug-likeness (QED) is 0.858. The van der Waals surface area contributed by atoms with Gasteiger partial charge in [-0.3, -0.25) is 4.98 Å². The largest absolute Gasteiger partial charge is 0.370 e. The minimum Gasteiger partial charge on any atom is -0.370 e. The van der Waals surface area contributed by atoms with Crippen LogP contribution in [0.3, 0.4) is 0 Å². The van der Waals surface area contributed by atoms with Gasteiger partial charge in [0.05, 0.1) is 30.6 Å². The first-order valence-corrected chi connectivity index (χ1v) is 8.50. The van der Waals surface area contributed by atoms with Crippen molar-refractivity contribution in [3.05, 3.63) is 48.5 Å². The molecule has 0 unspecified atom stereocenters. The maximum Gasteiger partial charge on any atom is 0.225 e. The summed E-state index contributed by atoms with van der Waals surface area (Å²) >= 11 is 0. The van der Waals surface area contributed by atoms with Crippen molar-refractivity contribution < 1.29 is 9.47 Å². The monoisotopic (exact) mass is 326 g/mol. The van der Waals surface area contributed by atoms with Crippen LogP contribution in [0.25, 0.3) is 0 Å². The van der Waals surface area contributed by atoms with Crippen LogP contribution in [-0.2, 0) is 16.1 Å². The number of nitrogens with zero attached hydrogens (tertiary/aromatic N) is 4. The lowest BCUT2D eigenvalue weighted by molar-refractivity contribution is -0.0140. The molecule has 2 aromatic rings. The second-order valence-electron chi connectivity index (χ2n) is 6.53. The van der Waals surface area contributed by atoms with Crippen molar-refractivity contribution >= 4 is 5.95 Å². The third-order valence-electron chi connectivity index (χ3n) is 4.74. The summed E-state index contributed by atoms with van der Waals surface area (Å²) in [6.45, 7) is 3.00. The third-order valence-corrected chi connectivity index (χ3v) is 4.74. The van der Waals surface area contributed by atoms with Crippen LogP contribution in [0.1, 0.15) is 25.0 Å². The first kappa shape index (κ1) is 15.5. The van der Waals surface area contributed by atoms with E-state index in [9.17, 15) is 0 Å². The van der Waals surface area contributed by atoms with E-state index in [-0.39, 0.29) is 11.7 Å². The Morgan fingerprint density at radius 3 is 2.88 bits per heavy atom. The molecule has 0 aliphatic carbocycles. The Kier molecular flexibility index (Phi) is 4.40. The van der Waals surface area contributed by atoms with Gasteiger partial charge in [-0.2, -0.15) is 0 Å². The molecule has 0 radical (unpaired) electrons. The SMILES string of the molecule is c1ccc(CO[C@@H]2CO[C@]3(CCCN(c4ncccn4)C3)C2)nc1. The molecule has 1 spiro atoms. The molecule has 2 aromatic heterocycles. The Bertz CT molecular complexity index is 655. The van der Waals surface area contributed by atoms with Crippen molar-refractivity contribution in [2.45, 2.75) is 37.6 Å². The smallest absolute Gasteiger partial charge is 0.225 e. The summed E-state index contributed by atoms with van der Waals surface area (Å²) in [5.74, 6) is 0.790. The first-order valence-electron chi connectivity index (χ1n) is 8.50. The lowest BCUT2D eigenvalue weighted by Gasteiger charge is -2.39. The van der Waals surface area contributed by atoms with Crippen molar-refractivity contribution in [1.29, 1.82) is 0 Å². The van der Waals surface area contributed by atoms with E-state index in [0.717, 1.165) is 44.0 Å². The van der Waals surface area contributed by atoms with Crippen molar-refractivity contribution in [1.82, 2.24) is 15.0 Å². The Morgan fingerprint density at radius 1 is 1.17 bits per heavy atom. The van der Waals surface area contributed by atoms with E-state index < -0.39 is 0 Å². The highest BCUT2D eigenvalue weighted by Crippen LogP contribution is 2.36. The van der Waals surface area contributed by atoms with Gasteiger partial charge in [-0.05, 0) is 31.0 Å². The second kappa shape index (κ2) is 6.83. The van der Waals surface area contributed by atoms with Gasteiger partial charge in [0.15, 0.2) is 0 Å². The molecule has 0 N–H and O–H groups in total. The lowest BCUT2D eigenvalue weighted by atomic mass is 9.89. The number of hydrogen-bond acceptors (Lipinski definition) is 6. The van der Waals surface area contributed by atoms with Crippen molar-refractivity contribution in [3.63, 3.8) is 0 Å². The van der Waals surface area contributed by atoms with Crippen molar-refractivity contribution in [3.8, 4) is 0 Å². The zero-order valence-electron chi connectivity index (χ0n) is 13.7. The Hall–Kier alpha value is -2.05. The topological polar surface area (TPSA) is 60.4 Å². The fourth-order valence-corrected chi connectivity index (χ4v) is 3.60. The zero-order valence-corrected chi connectivity index (χ0v) is 13.7. The molecule has 2 saturated heterocycles. The molecule has 2 aliphatic heterocycles. The molecule has 6 nitrogen and oxygen atoms in total. The molecule has 126 valence electrons. The van der Waals surface area contributed by atoms with Gasteiger partial charge in [0, 0.05) is 38.1 Å². The first-order chi connectivity index (χ1) is 11.8. The van der Waals surface area contributed by atoms with E-state index in [1.54, 1.807) is 18.6 Å². The Labute approximate surface area is 141 Å². The molecule has 0 amide bonds.